The van der Waals surface area contributed by atoms with Gasteiger partial charge in [0.15, 0.2) is 0 Å². The number of hydrogen-bond acceptors (Lipinski definition) is 4. The standard InChI is InChI=1S/C7H12N4OS/c1-5(7(8)13)6(12)2-11-4-9-3-10-11/h3-6,12H,2H2,1H3,(H2,8,13)/t5-,6?/m1/s1. The van der Waals surface area contributed by atoms with Crippen LogP contribution in [0.2, 0.25) is 0 Å². The fourth-order valence-electron chi connectivity index (χ4n) is 0.866. The second kappa shape index (κ2) is 4.29. The predicted molar refractivity (Wildman–Crippen MR) is 52.0 cm³/mol. The number of nitrogens with zero attached hydrogens (tertiary/aromatic N) is 3. The van der Waals surface area contributed by atoms with E-state index >= 15 is 0 Å². The van der Waals surface area contributed by atoms with Crippen molar-refractivity contribution in [2.24, 2.45) is 11.7 Å². The zero-order valence-electron chi connectivity index (χ0n) is 7.29. The van der Waals surface area contributed by atoms with E-state index in [1.54, 1.807) is 11.6 Å². The van der Waals surface area contributed by atoms with Gasteiger partial charge in [0.1, 0.15) is 12.7 Å². The lowest BCUT2D eigenvalue weighted by atomic mass is 10.1. The lowest BCUT2D eigenvalue weighted by Crippen LogP contribution is -2.33. The summed E-state index contributed by atoms with van der Waals surface area (Å²) in [4.78, 5) is 4.07. The van der Waals surface area contributed by atoms with Gasteiger partial charge in [0.25, 0.3) is 0 Å². The first-order valence-electron chi connectivity index (χ1n) is 3.91. The van der Waals surface area contributed by atoms with Gasteiger partial charge >= 0.3 is 0 Å². The van der Waals surface area contributed by atoms with E-state index in [-0.39, 0.29) is 5.92 Å². The smallest absolute Gasteiger partial charge is 0.137 e. The summed E-state index contributed by atoms with van der Waals surface area (Å²) in [6, 6.07) is 0. The van der Waals surface area contributed by atoms with Crippen LogP contribution in [0.4, 0.5) is 0 Å². The number of rotatable bonds is 4. The molecule has 0 aromatic carbocycles. The molecule has 0 amide bonds. The highest BCUT2D eigenvalue weighted by Crippen LogP contribution is 2.04. The predicted octanol–water partition coefficient (Wildman–Crippen LogP) is -0.439. The van der Waals surface area contributed by atoms with E-state index in [2.05, 4.69) is 10.1 Å². The first-order valence-corrected chi connectivity index (χ1v) is 4.32. The molecule has 1 rings (SSSR count). The molecular weight excluding hydrogens is 188 g/mol. The van der Waals surface area contributed by atoms with E-state index in [1.807, 2.05) is 0 Å². The molecule has 0 fully saturated rings. The topological polar surface area (TPSA) is 77.0 Å². The van der Waals surface area contributed by atoms with E-state index in [1.165, 1.54) is 12.7 Å². The summed E-state index contributed by atoms with van der Waals surface area (Å²) in [6.45, 7) is 2.14. The van der Waals surface area contributed by atoms with Crippen molar-refractivity contribution in [3.8, 4) is 0 Å². The molecule has 0 radical (unpaired) electrons. The van der Waals surface area contributed by atoms with Gasteiger partial charge in [0.05, 0.1) is 17.6 Å². The third-order valence-electron chi connectivity index (χ3n) is 1.87. The van der Waals surface area contributed by atoms with Gasteiger partial charge in [-0.1, -0.05) is 19.1 Å². The first-order chi connectivity index (χ1) is 6.11. The maximum Gasteiger partial charge on any atom is 0.137 e. The molecule has 72 valence electrons. The molecule has 0 aliphatic heterocycles. The SMILES string of the molecule is C[C@@H](C(N)=S)C(O)Cn1cncn1. The number of aliphatic hydroxyl groups excluding tert-OH is 1. The molecule has 5 nitrogen and oxygen atoms in total. The summed E-state index contributed by atoms with van der Waals surface area (Å²) in [5.74, 6) is -0.209. The first kappa shape index (κ1) is 10.1. The van der Waals surface area contributed by atoms with Crippen LogP contribution in [0.15, 0.2) is 12.7 Å². The summed E-state index contributed by atoms with van der Waals surface area (Å²) < 4.78 is 1.54. The van der Waals surface area contributed by atoms with E-state index in [9.17, 15) is 5.11 Å². The van der Waals surface area contributed by atoms with E-state index < -0.39 is 6.10 Å². The van der Waals surface area contributed by atoms with Crippen molar-refractivity contribution in [2.45, 2.75) is 19.6 Å². The van der Waals surface area contributed by atoms with Gasteiger partial charge < -0.3 is 10.8 Å². The number of hydrogen-bond donors (Lipinski definition) is 2. The molecule has 13 heavy (non-hydrogen) atoms. The van der Waals surface area contributed by atoms with Crippen LogP contribution in [0.25, 0.3) is 0 Å². The van der Waals surface area contributed by atoms with Crippen molar-refractivity contribution >= 4 is 17.2 Å². The summed E-state index contributed by atoms with van der Waals surface area (Å²) in [5, 5.41) is 13.5. The molecular formula is C7H12N4OS. The van der Waals surface area contributed by atoms with Crippen molar-refractivity contribution in [2.75, 3.05) is 0 Å². The van der Waals surface area contributed by atoms with Crippen molar-refractivity contribution in [3.05, 3.63) is 12.7 Å². The van der Waals surface area contributed by atoms with Gasteiger partial charge in [-0.2, -0.15) is 5.10 Å². The molecule has 0 aliphatic rings. The summed E-state index contributed by atoms with van der Waals surface area (Å²) in [5.41, 5.74) is 5.39. The van der Waals surface area contributed by atoms with Crippen molar-refractivity contribution < 1.29 is 5.11 Å². The van der Waals surface area contributed by atoms with Crippen LogP contribution < -0.4 is 5.73 Å². The Hall–Kier alpha value is -1.01. The van der Waals surface area contributed by atoms with Crippen molar-refractivity contribution in [1.29, 1.82) is 0 Å². The van der Waals surface area contributed by atoms with E-state index in [0.29, 0.717) is 11.5 Å². The number of thiocarbonyl (C=S) groups is 1. The molecule has 0 spiro atoms. The monoisotopic (exact) mass is 200 g/mol. The van der Waals surface area contributed by atoms with Gasteiger partial charge in [0, 0.05) is 5.92 Å². The molecule has 0 aliphatic carbocycles. The van der Waals surface area contributed by atoms with Gasteiger partial charge in [0.2, 0.25) is 0 Å². The summed E-state index contributed by atoms with van der Waals surface area (Å²) >= 11 is 4.76. The molecule has 0 bridgehead atoms. The second-order valence-corrected chi connectivity index (χ2v) is 3.35. The Kier molecular flexibility index (Phi) is 3.32. The van der Waals surface area contributed by atoms with Crippen LogP contribution in [0, 0.1) is 5.92 Å². The molecule has 1 heterocycles. The maximum absolute atomic E-state index is 9.60. The maximum atomic E-state index is 9.60. The normalized spacial score (nSPS) is 15.2. The summed E-state index contributed by atoms with van der Waals surface area (Å²) in [7, 11) is 0. The minimum absolute atomic E-state index is 0.209. The third-order valence-corrected chi connectivity index (χ3v) is 2.24. The average Bonchev–Trinajstić information content (AvgIpc) is 2.55. The Bertz CT molecular complexity index is 274. The zero-order valence-corrected chi connectivity index (χ0v) is 8.11. The summed E-state index contributed by atoms with van der Waals surface area (Å²) in [6.07, 6.45) is 2.34. The quantitative estimate of drug-likeness (QED) is 0.644. The van der Waals surface area contributed by atoms with Crippen LogP contribution in [0.5, 0.6) is 0 Å². The Balaban J connectivity index is 2.50. The Morgan fingerprint density at radius 1 is 1.77 bits per heavy atom. The molecule has 1 unspecified atom stereocenters. The zero-order chi connectivity index (χ0) is 9.84. The van der Waals surface area contributed by atoms with E-state index in [4.69, 9.17) is 18.0 Å². The van der Waals surface area contributed by atoms with Crippen molar-refractivity contribution in [1.82, 2.24) is 14.8 Å². The highest BCUT2D eigenvalue weighted by atomic mass is 32.1. The minimum atomic E-state index is -0.612. The van der Waals surface area contributed by atoms with Crippen LogP contribution in [0.3, 0.4) is 0 Å². The number of nitrogens with two attached hydrogens (primary N) is 1. The Morgan fingerprint density at radius 3 is 2.92 bits per heavy atom. The van der Waals surface area contributed by atoms with Gasteiger partial charge in [-0.3, -0.25) is 4.68 Å². The third kappa shape index (κ3) is 2.74. The van der Waals surface area contributed by atoms with E-state index in [0.717, 1.165) is 0 Å². The molecule has 6 heteroatoms. The fourth-order valence-corrected chi connectivity index (χ4v) is 1.02. The molecule has 3 N–H and O–H groups in total. The molecule has 0 saturated carbocycles. The van der Waals surface area contributed by atoms with Gasteiger partial charge in [-0.15, -0.1) is 0 Å². The van der Waals surface area contributed by atoms with Crippen LogP contribution in [0.1, 0.15) is 6.92 Å². The lowest BCUT2D eigenvalue weighted by Gasteiger charge is -2.16. The highest BCUT2D eigenvalue weighted by molar-refractivity contribution is 7.80. The molecule has 2 atom stereocenters. The fraction of sp³-hybridized carbons (Fsp3) is 0.571. The molecule has 0 saturated heterocycles. The molecule has 1 aromatic heterocycles. The van der Waals surface area contributed by atoms with Crippen LogP contribution in [-0.4, -0.2) is 31.0 Å². The second-order valence-electron chi connectivity index (χ2n) is 2.88. The largest absolute Gasteiger partial charge is 0.393 e. The van der Waals surface area contributed by atoms with Crippen molar-refractivity contribution in [3.63, 3.8) is 0 Å². The van der Waals surface area contributed by atoms with Crippen LogP contribution in [-0.2, 0) is 6.54 Å². The average molecular weight is 200 g/mol. The molecule has 1 aromatic rings. The highest BCUT2D eigenvalue weighted by Gasteiger charge is 2.17. The number of aliphatic hydroxyl groups is 1. The van der Waals surface area contributed by atoms with Crippen LogP contribution >= 0.6 is 12.2 Å². The van der Waals surface area contributed by atoms with Gasteiger partial charge in [-0.25, -0.2) is 4.98 Å². The Labute approximate surface area is 81.6 Å². The minimum Gasteiger partial charge on any atom is -0.393 e. The van der Waals surface area contributed by atoms with Gasteiger partial charge in [-0.05, 0) is 0 Å². The number of aromatic nitrogens is 3. The lowest BCUT2D eigenvalue weighted by molar-refractivity contribution is 0.122. The Morgan fingerprint density at radius 2 is 2.46 bits per heavy atom.